The normalized spacial score (nSPS) is 13.1. The fourth-order valence-electron chi connectivity index (χ4n) is 1.86. The minimum Gasteiger partial charge on any atom is -0.395 e. The van der Waals surface area contributed by atoms with Crippen molar-refractivity contribution in [3.05, 3.63) is 34.9 Å². The van der Waals surface area contributed by atoms with E-state index in [4.69, 9.17) is 0 Å². The van der Waals surface area contributed by atoms with Crippen molar-refractivity contribution in [3.8, 4) is 0 Å². The van der Waals surface area contributed by atoms with E-state index in [1.165, 1.54) is 16.7 Å². The summed E-state index contributed by atoms with van der Waals surface area (Å²) in [4.78, 5) is 0. The Morgan fingerprint density at radius 2 is 1.88 bits per heavy atom. The first-order chi connectivity index (χ1) is 7.52. The van der Waals surface area contributed by atoms with Crippen molar-refractivity contribution < 1.29 is 5.11 Å². The highest BCUT2D eigenvalue weighted by Gasteiger charge is 2.09. The first-order valence-electron chi connectivity index (χ1n) is 5.96. The van der Waals surface area contributed by atoms with Gasteiger partial charge >= 0.3 is 0 Å². The van der Waals surface area contributed by atoms with E-state index in [1.54, 1.807) is 0 Å². The molecule has 2 N–H and O–H groups in total. The lowest BCUT2D eigenvalue weighted by atomic mass is 10.0. The van der Waals surface area contributed by atoms with Gasteiger partial charge in [0.15, 0.2) is 0 Å². The third kappa shape index (κ3) is 3.95. The van der Waals surface area contributed by atoms with Crippen LogP contribution < -0.4 is 5.32 Å². The maximum atomic E-state index is 9.30. The van der Waals surface area contributed by atoms with Gasteiger partial charge in [-0.25, -0.2) is 0 Å². The summed E-state index contributed by atoms with van der Waals surface area (Å²) in [5.41, 5.74) is 3.93. The van der Waals surface area contributed by atoms with Crippen LogP contribution in [0.3, 0.4) is 0 Å². The molecule has 0 saturated carbocycles. The number of aliphatic hydroxyl groups is 1. The molecule has 2 nitrogen and oxygen atoms in total. The van der Waals surface area contributed by atoms with Crippen molar-refractivity contribution in [1.29, 1.82) is 0 Å². The molecule has 1 unspecified atom stereocenters. The monoisotopic (exact) mass is 221 g/mol. The molecule has 0 spiro atoms. The van der Waals surface area contributed by atoms with E-state index in [-0.39, 0.29) is 12.6 Å². The Morgan fingerprint density at radius 3 is 2.38 bits per heavy atom. The van der Waals surface area contributed by atoms with Crippen LogP contribution in [0, 0.1) is 13.8 Å². The topological polar surface area (TPSA) is 32.3 Å². The molecule has 0 aromatic heterocycles. The van der Waals surface area contributed by atoms with E-state index >= 15 is 0 Å². The van der Waals surface area contributed by atoms with Crippen LogP contribution in [0.2, 0.25) is 0 Å². The zero-order chi connectivity index (χ0) is 12.1. The molecule has 0 aliphatic rings. The fourth-order valence-corrected chi connectivity index (χ4v) is 1.86. The van der Waals surface area contributed by atoms with Gasteiger partial charge in [0.1, 0.15) is 0 Å². The first kappa shape index (κ1) is 13.2. The molecule has 0 aliphatic carbocycles. The second kappa shape index (κ2) is 6.02. The van der Waals surface area contributed by atoms with Crippen molar-refractivity contribution in [2.24, 2.45) is 0 Å². The maximum absolute atomic E-state index is 9.30. The van der Waals surface area contributed by atoms with Crippen molar-refractivity contribution in [2.75, 3.05) is 6.61 Å². The number of benzene rings is 1. The van der Waals surface area contributed by atoms with Gasteiger partial charge in [-0.05, 0) is 37.0 Å². The summed E-state index contributed by atoms with van der Waals surface area (Å²) in [5.74, 6) is 0. The van der Waals surface area contributed by atoms with E-state index in [0.29, 0.717) is 6.04 Å². The first-order valence-corrected chi connectivity index (χ1v) is 5.96. The number of aliphatic hydroxyl groups excluding tert-OH is 1. The van der Waals surface area contributed by atoms with Crippen LogP contribution in [0.1, 0.15) is 30.5 Å². The maximum Gasteiger partial charge on any atom is 0.0587 e. The van der Waals surface area contributed by atoms with Crippen LogP contribution >= 0.6 is 0 Å². The van der Waals surface area contributed by atoms with E-state index in [0.717, 1.165) is 6.42 Å². The van der Waals surface area contributed by atoms with Gasteiger partial charge in [-0.15, -0.1) is 0 Å². The summed E-state index contributed by atoms with van der Waals surface area (Å²) in [6.45, 7) is 8.63. The Labute approximate surface area is 98.7 Å². The van der Waals surface area contributed by atoms with Crippen LogP contribution in [0.5, 0.6) is 0 Å². The SMILES string of the molecule is Cc1ccc(CC(CO)NC(C)C)cc1C. The predicted octanol–water partition coefficient (Wildman–Crippen LogP) is 2.20. The second-order valence-electron chi connectivity index (χ2n) is 4.82. The zero-order valence-corrected chi connectivity index (χ0v) is 10.7. The molecule has 0 fully saturated rings. The fraction of sp³-hybridized carbons (Fsp3) is 0.571. The van der Waals surface area contributed by atoms with Crippen LogP contribution in [-0.2, 0) is 6.42 Å². The molecule has 2 heteroatoms. The highest BCUT2D eigenvalue weighted by molar-refractivity contribution is 5.30. The summed E-state index contributed by atoms with van der Waals surface area (Å²) in [6.07, 6.45) is 0.885. The van der Waals surface area contributed by atoms with Crippen molar-refractivity contribution >= 4 is 0 Å². The second-order valence-corrected chi connectivity index (χ2v) is 4.82. The molecule has 0 heterocycles. The lowest BCUT2D eigenvalue weighted by molar-refractivity contribution is 0.234. The molecule has 1 rings (SSSR count). The molecule has 0 saturated heterocycles. The van der Waals surface area contributed by atoms with Gasteiger partial charge in [-0.2, -0.15) is 0 Å². The number of rotatable bonds is 5. The third-order valence-electron chi connectivity index (χ3n) is 2.84. The predicted molar refractivity (Wildman–Crippen MR) is 68.8 cm³/mol. The molecule has 16 heavy (non-hydrogen) atoms. The highest BCUT2D eigenvalue weighted by Crippen LogP contribution is 2.11. The van der Waals surface area contributed by atoms with E-state index in [1.807, 2.05) is 0 Å². The molecule has 0 aliphatic heterocycles. The minimum atomic E-state index is 0.155. The summed E-state index contributed by atoms with van der Waals surface area (Å²) < 4.78 is 0. The van der Waals surface area contributed by atoms with Crippen LogP contribution in [-0.4, -0.2) is 23.8 Å². The van der Waals surface area contributed by atoms with E-state index in [2.05, 4.69) is 51.2 Å². The number of hydrogen-bond acceptors (Lipinski definition) is 2. The van der Waals surface area contributed by atoms with Gasteiger partial charge < -0.3 is 10.4 Å². The van der Waals surface area contributed by atoms with Crippen molar-refractivity contribution in [2.45, 2.75) is 46.2 Å². The minimum absolute atomic E-state index is 0.155. The average molecular weight is 221 g/mol. The molecule has 0 bridgehead atoms. The van der Waals surface area contributed by atoms with Crippen LogP contribution in [0.15, 0.2) is 18.2 Å². The van der Waals surface area contributed by atoms with Gasteiger partial charge in [0, 0.05) is 12.1 Å². The lowest BCUT2D eigenvalue weighted by Gasteiger charge is -2.19. The molecule has 1 aromatic carbocycles. The number of nitrogens with one attached hydrogen (secondary N) is 1. The zero-order valence-electron chi connectivity index (χ0n) is 10.7. The smallest absolute Gasteiger partial charge is 0.0587 e. The van der Waals surface area contributed by atoms with Gasteiger partial charge in [-0.3, -0.25) is 0 Å². The summed E-state index contributed by atoms with van der Waals surface area (Å²) in [6, 6.07) is 7.06. The largest absolute Gasteiger partial charge is 0.395 e. The molecule has 1 atom stereocenters. The van der Waals surface area contributed by atoms with Crippen LogP contribution in [0.4, 0.5) is 0 Å². The Morgan fingerprint density at radius 1 is 1.19 bits per heavy atom. The van der Waals surface area contributed by atoms with E-state index in [9.17, 15) is 5.11 Å². The van der Waals surface area contributed by atoms with E-state index < -0.39 is 0 Å². The summed E-state index contributed by atoms with van der Waals surface area (Å²) >= 11 is 0. The van der Waals surface area contributed by atoms with Crippen molar-refractivity contribution in [1.82, 2.24) is 5.32 Å². The molecular weight excluding hydrogens is 198 g/mol. The van der Waals surface area contributed by atoms with Crippen molar-refractivity contribution in [3.63, 3.8) is 0 Å². The Hall–Kier alpha value is -0.860. The number of hydrogen-bond donors (Lipinski definition) is 2. The Bertz CT molecular complexity index is 334. The standard InChI is InChI=1S/C14H23NO/c1-10(2)15-14(9-16)8-13-6-5-11(3)12(4)7-13/h5-7,10,14-16H,8-9H2,1-4H3. The molecule has 90 valence electrons. The average Bonchev–Trinajstić information content (AvgIpc) is 2.22. The van der Waals surface area contributed by atoms with Gasteiger partial charge in [0.2, 0.25) is 0 Å². The van der Waals surface area contributed by atoms with Crippen LogP contribution in [0.25, 0.3) is 0 Å². The molecule has 0 radical (unpaired) electrons. The van der Waals surface area contributed by atoms with Gasteiger partial charge in [-0.1, -0.05) is 32.0 Å². The third-order valence-corrected chi connectivity index (χ3v) is 2.84. The lowest BCUT2D eigenvalue weighted by Crippen LogP contribution is -2.39. The highest BCUT2D eigenvalue weighted by atomic mass is 16.3. The summed E-state index contributed by atoms with van der Waals surface area (Å²) in [7, 11) is 0. The quantitative estimate of drug-likeness (QED) is 0.799. The molecule has 1 aromatic rings. The Kier molecular flexibility index (Phi) is 4.97. The number of aryl methyl sites for hydroxylation is 2. The molecule has 0 amide bonds. The molecular formula is C14H23NO. The Balaban J connectivity index is 2.66. The summed E-state index contributed by atoms with van der Waals surface area (Å²) in [5, 5.41) is 12.7. The van der Waals surface area contributed by atoms with Gasteiger partial charge in [0.25, 0.3) is 0 Å². The van der Waals surface area contributed by atoms with Gasteiger partial charge in [0.05, 0.1) is 6.61 Å².